The maximum Gasteiger partial charge on any atom is 0.102 e. The quantitative estimate of drug-likeness (QED) is 0.848. The third-order valence-corrected chi connectivity index (χ3v) is 3.31. The lowest BCUT2D eigenvalue weighted by atomic mass is 9.96. The van der Waals surface area contributed by atoms with Crippen molar-refractivity contribution in [2.75, 3.05) is 19.4 Å². The van der Waals surface area contributed by atoms with Crippen LogP contribution in [0, 0.1) is 0 Å². The summed E-state index contributed by atoms with van der Waals surface area (Å²) in [5, 5.41) is 3.30. The van der Waals surface area contributed by atoms with E-state index in [1.165, 1.54) is 0 Å². The molecule has 0 radical (unpaired) electrons. The summed E-state index contributed by atoms with van der Waals surface area (Å²) in [6.07, 6.45) is 3.40. The largest absolute Gasteiger partial charge is 0.398 e. The Morgan fingerprint density at radius 2 is 2.00 bits per heavy atom. The molecular weight excluding hydrogens is 250 g/mol. The van der Waals surface area contributed by atoms with Crippen molar-refractivity contribution in [3.05, 3.63) is 59.9 Å². The van der Waals surface area contributed by atoms with Gasteiger partial charge in [0.25, 0.3) is 0 Å². The molecule has 1 aromatic heterocycles. The van der Waals surface area contributed by atoms with Gasteiger partial charge in [-0.1, -0.05) is 30.3 Å². The Morgan fingerprint density at radius 1 is 1.25 bits per heavy atom. The van der Waals surface area contributed by atoms with Gasteiger partial charge in [0.2, 0.25) is 0 Å². The van der Waals surface area contributed by atoms with Gasteiger partial charge < -0.3 is 15.8 Å². The normalized spacial score (nSPS) is 13.9. The van der Waals surface area contributed by atoms with Crippen LogP contribution in [0.3, 0.4) is 0 Å². The highest BCUT2D eigenvalue weighted by Gasteiger charge is 2.25. The van der Waals surface area contributed by atoms with Gasteiger partial charge in [0.1, 0.15) is 6.10 Å². The molecule has 106 valence electrons. The van der Waals surface area contributed by atoms with Crippen molar-refractivity contribution in [3.8, 4) is 0 Å². The molecule has 3 N–H and O–H groups in total. The topological polar surface area (TPSA) is 60.2 Å². The summed E-state index contributed by atoms with van der Waals surface area (Å²) in [5.74, 6) is 0. The maximum atomic E-state index is 6.07. The van der Waals surface area contributed by atoms with Crippen molar-refractivity contribution in [2.45, 2.75) is 19.1 Å². The van der Waals surface area contributed by atoms with Crippen molar-refractivity contribution >= 4 is 5.69 Å². The number of likely N-dealkylation sites (N-methyl/N-ethyl adjacent to an activating group) is 1. The van der Waals surface area contributed by atoms with E-state index in [0.29, 0.717) is 6.61 Å². The van der Waals surface area contributed by atoms with Crippen LogP contribution in [0.1, 0.15) is 30.2 Å². The Bertz CT molecular complexity index is 530. The second-order valence-corrected chi connectivity index (χ2v) is 4.56. The van der Waals surface area contributed by atoms with Gasteiger partial charge in [-0.3, -0.25) is 4.98 Å². The fourth-order valence-corrected chi connectivity index (χ4v) is 2.35. The van der Waals surface area contributed by atoms with E-state index < -0.39 is 0 Å². The van der Waals surface area contributed by atoms with Gasteiger partial charge in [0.05, 0.1) is 6.04 Å². The summed E-state index contributed by atoms with van der Waals surface area (Å²) in [4.78, 5) is 4.18. The molecule has 0 aliphatic carbocycles. The van der Waals surface area contributed by atoms with Crippen LogP contribution >= 0.6 is 0 Å². The molecule has 2 rings (SSSR count). The fraction of sp³-hybridized carbons (Fsp3) is 0.312. The van der Waals surface area contributed by atoms with Gasteiger partial charge in [-0.15, -0.1) is 0 Å². The molecule has 1 heterocycles. The highest BCUT2D eigenvalue weighted by Crippen LogP contribution is 2.33. The molecule has 0 fully saturated rings. The average Bonchev–Trinajstić information content (AvgIpc) is 2.50. The number of aromatic nitrogens is 1. The maximum absolute atomic E-state index is 6.07. The van der Waals surface area contributed by atoms with Crippen LogP contribution in [0.15, 0.2) is 48.8 Å². The second-order valence-electron chi connectivity index (χ2n) is 4.56. The van der Waals surface area contributed by atoms with Gasteiger partial charge in [0.15, 0.2) is 0 Å². The minimum absolute atomic E-state index is 0.0361. The Labute approximate surface area is 120 Å². The van der Waals surface area contributed by atoms with Crippen LogP contribution in [-0.4, -0.2) is 18.6 Å². The summed E-state index contributed by atoms with van der Waals surface area (Å²) in [6, 6.07) is 11.9. The molecule has 0 aliphatic heterocycles. The Morgan fingerprint density at radius 3 is 2.60 bits per heavy atom. The molecule has 1 aromatic carbocycles. The van der Waals surface area contributed by atoms with E-state index in [1.807, 2.05) is 38.2 Å². The van der Waals surface area contributed by atoms with Crippen LogP contribution in [0.5, 0.6) is 0 Å². The summed E-state index contributed by atoms with van der Waals surface area (Å²) in [6.45, 7) is 2.63. The van der Waals surface area contributed by atoms with E-state index >= 15 is 0 Å². The number of rotatable bonds is 6. The molecule has 0 bridgehead atoms. The molecule has 2 aromatic rings. The summed E-state index contributed by atoms with van der Waals surface area (Å²) >= 11 is 0. The predicted molar refractivity (Wildman–Crippen MR) is 81.3 cm³/mol. The molecule has 0 spiro atoms. The Hall–Kier alpha value is -1.91. The minimum atomic E-state index is -0.0994. The van der Waals surface area contributed by atoms with Crippen LogP contribution in [-0.2, 0) is 4.74 Å². The van der Waals surface area contributed by atoms with Gasteiger partial charge >= 0.3 is 0 Å². The first-order chi connectivity index (χ1) is 9.77. The van der Waals surface area contributed by atoms with Crippen molar-refractivity contribution in [2.24, 2.45) is 0 Å². The van der Waals surface area contributed by atoms with E-state index in [-0.39, 0.29) is 12.1 Å². The number of hydrogen-bond acceptors (Lipinski definition) is 4. The summed E-state index contributed by atoms with van der Waals surface area (Å²) in [5.41, 5.74) is 8.87. The number of benzene rings is 1. The van der Waals surface area contributed by atoms with Gasteiger partial charge in [-0.05, 0) is 25.6 Å². The number of ether oxygens (including phenoxy) is 1. The van der Waals surface area contributed by atoms with Gasteiger partial charge in [-0.25, -0.2) is 0 Å². The lowest BCUT2D eigenvalue weighted by Gasteiger charge is -2.28. The van der Waals surface area contributed by atoms with E-state index in [9.17, 15) is 0 Å². The molecule has 4 heteroatoms. The van der Waals surface area contributed by atoms with Crippen molar-refractivity contribution in [1.29, 1.82) is 0 Å². The third kappa shape index (κ3) is 3.15. The van der Waals surface area contributed by atoms with Gasteiger partial charge in [0, 0.05) is 30.3 Å². The first-order valence-electron chi connectivity index (χ1n) is 6.81. The molecule has 2 unspecified atom stereocenters. The lowest BCUT2D eigenvalue weighted by molar-refractivity contribution is 0.0348. The molecule has 0 amide bonds. The first kappa shape index (κ1) is 14.5. The van der Waals surface area contributed by atoms with E-state index in [0.717, 1.165) is 16.8 Å². The standard InChI is InChI=1S/C16H21N3O/c1-3-20-16(12-7-5-4-6-8-12)15(18-2)13-11-19-10-9-14(13)17/h4-11,15-16,18H,3H2,1-2H3,(H2,17,19). The number of hydrogen-bond donors (Lipinski definition) is 2. The molecule has 4 nitrogen and oxygen atoms in total. The number of nitrogens with two attached hydrogens (primary N) is 1. The molecule has 0 saturated heterocycles. The van der Waals surface area contributed by atoms with Crippen molar-refractivity contribution in [1.82, 2.24) is 10.3 Å². The second kappa shape index (κ2) is 7.03. The molecule has 0 saturated carbocycles. The zero-order chi connectivity index (χ0) is 14.4. The zero-order valence-corrected chi connectivity index (χ0v) is 11.9. The predicted octanol–water partition coefficient (Wildman–Crippen LogP) is 2.70. The molecule has 0 aliphatic rings. The number of anilines is 1. The number of nitrogens with zero attached hydrogens (tertiary/aromatic N) is 1. The van der Waals surface area contributed by atoms with E-state index in [4.69, 9.17) is 10.5 Å². The van der Waals surface area contributed by atoms with Crippen molar-refractivity contribution < 1.29 is 4.74 Å². The zero-order valence-electron chi connectivity index (χ0n) is 11.9. The minimum Gasteiger partial charge on any atom is -0.398 e. The fourth-order valence-electron chi connectivity index (χ4n) is 2.35. The average molecular weight is 271 g/mol. The highest BCUT2D eigenvalue weighted by atomic mass is 16.5. The van der Waals surface area contributed by atoms with Crippen LogP contribution in [0.25, 0.3) is 0 Å². The molecule has 20 heavy (non-hydrogen) atoms. The van der Waals surface area contributed by atoms with E-state index in [1.54, 1.807) is 12.4 Å². The van der Waals surface area contributed by atoms with E-state index in [2.05, 4.69) is 22.4 Å². The SMILES string of the molecule is CCOC(c1ccccc1)C(NC)c1cnccc1N. The summed E-state index contributed by atoms with van der Waals surface area (Å²) < 4.78 is 5.94. The third-order valence-electron chi connectivity index (χ3n) is 3.31. The first-order valence-corrected chi connectivity index (χ1v) is 6.81. The molecule has 2 atom stereocenters. The monoisotopic (exact) mass is 271 g/mol. The van der Waals surface area contributed by atoms with Crippen LogP contribution < -0.4 is 11.1 Å². The highest BCUT2D eigenvalue weighted by molar-refractivity contribution is 5.47. The lowest BCUT2D eigenvalue weighted by Crippen LogP contribution is -2.27. The number of nitrogens with one attached hydrogen (secondary N) is 1. The number of nitrogen functional groups attached to an aromatic ring is 1. The number of pyridine rings is 1. The Kier molecular flexibility index (Phi) is 5.09. The summed E-state index contributed by atoms with van der Waals surface area (Å²) in [7, 11) is 1.91. The van der Waals surface area contributed by atoms with Crippen LogP contribution in [0.4, 0.5) is 5.69 Å². The Balaban J connectivity index is 2.38. The van der Waals surface area contributed by atoms with Crippen molar-refractivity contribution in [3.63, 3.8) is 0 Å². The van der Waals surface area contributed by atoms with Gasteiger partial charge in [-0.2, -0.15) is 0 Å². The molecular formula is C16H21N3O. The smallest absolute Gasteiger partial charge is 0.102 e. The van der Waals surface area contributed by atoms with Crippen LogP contribution in [0.2, 0.25) is 0 Å².